The normalized spacial score (nSPS) is 17.2. The molecule has 1 fully saturated rings. The Bertz CT molecular complexity index is 1030. The van der Waals surface area contributed by atoms with Gasteiger partial charge in [0.1, 0.15) is 24.8 Å². The van der Waals surface area contributed by atoms with E-state index < -0.39 is 44.2 Å². The van der Waals surface area contributed by atoms with Crippen molar-refractivity contribution < 1.29 is 43.4 Å². The molecule has 16 heteroatoms. The van der Waals surface area contributed by atoms with Crippen molar-refractivity contribution in [2.75, 3.05) is 30.2 Å². The van der Waals surface area contributed by atoms with Crippen LogP contribution in [-0.2, 0) is 18.7 Å². The van der Waals surface area contributed by atoms with Gasteiger partial charge < -0.3 is 35.3 Å². The lowest BCUT2D eigenvalue weighted by Gasteiger charge is -2.36. The first kappa shape index (κ1) is 33.2. The van der Waals surface area contributed by atoms with Gasteiger partial charge in [-0.3, -0.25) is 13.9 Å². The van der Waals surface area contributed by atoms with Crippen LogP contribution in [0.15, 0.2) is 24.3 Å². The van der Waals surface area contributed by atoms with Gasteiger partial charge in [-0.2, -0.15) is 0 Å². The first-order valence-electron chi connectivity index (χ1n) is 12.1. The molecule has 1 aromatic carbocycles. The average Bonchev–Trinajstić information content (AvgIpc) is 3.29. The fraction of sp³-hybridized carbons (Fsp3) is 0.636. The second kappa shape index (κ2) is 13.1. The van der Waals surface area contributed by atoms with Gasteiger partial charge >= 0.3 is 21.6 Å². The molecule has 0 radical (unpaired) electrons. The van der Waals surface area contributed by atoms with Gasteiger partial charge in [-0.15, -0.1) is 23.2 Å². The van der Waals surface area contributed by atoms with Crippen molar-refractivity contribution in [1.29, 1.82) is 0 Å². The maximum atomic E-state index is 13.0. The number of nitrogens with one attached hydrogen (secondary N) is 2. The van der Waals surface area contributed by atoms with Crippen molar-refractivity contribution in [3.8, 4) is 0 Å². The Morgan fingerprint density at radius 3 is 2.00 bits per heavy atom. The fourth-order valence-electron chi connectivity index (χ4n) is 4.73. The minimum atomic E-state index is -5.59. The zero-order valence-corrected chi connectivity index (χ0v) is 24.3. The number of quaternary nitrogens is 1. The van der Waals surface area contributed by atoms with Crippen LogP contribution in [0.1, 0.15) is 45.4 Å². The average molecular weight is 619 g/mol. The summed E-state index contributed by atoms with van der Waals surface area (Å²) in [5, 5.41) is 12.7. The molecule has 1 saturated carbocycles. The van der Waals surface area contributed by atoms with Crippen LogP contribution in [0.2, 0.25) is 0 Å². The van der Waals surface area contributed by atoms with Gasteiger partial charge in [-0.25, -0.2) is 9.28 Å². The molecule has 1 aliphatic rings. The van der Waals surface area contributed by atoms with E-state index in [4.69, 9.17) is 23.2 Å². The third-order valence-electron chi connectivity index (χ3n) is 7.15. The molecular formula is C22H36Cl2N3O9P2+. The molecular weight excluding hydrogens is 583 g/mol. The number of carbonyl (C=O) groups excluding carboxylic acids is 2. The second-order valence-electron chi connectivity index (χ2n) is 9.72. The molecule has 216 valence electrons. The van der Waals surface area contributed by atoms with E-state index in [9.17, 15) is 43.4 Å². The predicted molar refractivity (Wildman–Crippen MR) is 146 cm³/mol. The van der Waals surface area contributed by atoms with Gasteiger partial charge in [-0.1, -0.05) is 12.8 Å². The molecule has 1 aromatic rings. The summed E-state index contributed by atoms with van der Waals surface area (Å²) in [6.07, 6.45) is 1.89. The first-order chi connectivity index (χ1) is 17.6. The molecule has 7 N–H and O–H groups in total. The maximum absolute atomic E-state index is 13.0. The number of hydrogen-bond acceptors (Lipinski definition) is 6. The summed E-state index contributed by atoms with van der Waals surface area (Å²) in [6, 6.07) is 6.15. The summed E-state index contributed by atoms with van der Waals surface area (Å²) < 4.78 is 23.4. The van der Waals surface area contributed by atoms with E-state index in [0.29, 0.717) is 50.1 Å². The zero-order chi connectivity index (χ0) is 28.8. The molecule has 0 aromatic heterocycles. The second-order valence-corrected chi connectivity index (χ2v) is 14.5. The summed E-state index contributed by atoms with van der Waals surface area (Å²) in [5.41, 5.74) is 0.297. The molecule has 0 spiro atoms. The number of halogens is 2. The third-order valence-corrected chi connectivity index (χ3v) is 11.4. The van der Waals surface area contributed by atoms with Crippen LogP contribution in [0.3, 0.4) is 0 Å². The number of alkyl halides is 2. The Kier molecular flexibility index (Phi) is 11.4. The van der Waals surface area contributed by atoms with Crippen LogP contribution in [0, 0.1) is 0 Å². The molecule has 0 saturated heterocycles. The summed E-state index contributed by atoms with van der Waals surface area (Å²) in [7, 11) is -11.2. The van der Waals surface area contributed by atoms with Gasteiger partial charge in [0.05, 0.1) is 11.8 Å². The number of rotatable bonds is 15. The van der Waals surface area contributed by atoms with Crippen molar-refractivity contribution in [1.82, 2.24) is 9.80 Å². The van der Waals surface area contributed by atoms with Crippen LogP contribution in [0.5, 0.6) is 0 Å². The highest BCUT2D eigenvalue weighted by Crippen LogP contribution is 2.69. The first-order valence-corrected chi connectivity index (χ1v) is 16.4. The molecule has 12 nitrogen and oxygen atoms in total. The van der Waals surface area contributed by atoms with E-state index in [1.807, 2.05) is 0 Å². The van der Waals surface area contributed by atoms with Gasteiger partial charge in [-0.05, 0) is 38.3 Å². The SMILES string of the molecule is C[C@H](Nc1ccc([N+](C=O)(CCCl)CCCl)cc1)C(=O)NC1(CCC(O)(P(=O)(O)O)P(=O)(O)O)CCCC1. The minimum Gasteiger partial charge on any atom is -0.374 e. The van der Waals surface area contributed by atoms with E-state index >= 15 is 0 Å². The van der Waals surface area contributed by atoms with E-state index in [0.717, 1.165) is 6.41 Å². The van der Waals surface area contributed by atoms with Crippen LogP contribution < -0.4 is 15.1 Å². The number of nitrogens with zero attached hydrogens (tertiary/aromatic N) is 1. The predicted octanol–water partition coefficient (Wildman–Crippen LogP) is 2.64. The highest BCUT2D eigenvalue weighted by atomic mass is 35.5. The van der Waals surface area contributed by atoms with E-state index in [1.165, 1.54) is 0 Å². The number of anilines is 1. The van der Waals surface area contributed by atoms with Gasteiger partial charge in [0.15, 0.2) is 0 Å². The lowest BCUT2D eigenvalue weighted by molar-refractivity contribution is -0.123. The van der Waals surface area contributed by atoms with Crippen molar-refractivity contribution in [2.24, 2.45) is 0 Å². The van der Waals surface area contributed by atoms with Crippen LogP contribution in [0.4, 0.5) is 11.4 Å². The molecule has 1 aliphatic carbocycles. The lowest BCUT2D eigenvalue weighted by Crippen LogP contribution is -2.52. The Labute approximate surface area is 231 Å². The molecule has 38 heavy (non-hydrogen) atoms. The lowest BCUT2D eigenvalue weighted by atomic mass is 9.91. The van der Waals surface area contributed by atoms with Gasteiger partial charge in [0, 0.05) is 29.8 Å². The Hall–Kier alpha value is -1.04. The maximum Gasteiger partial charge on any atom is 0.369 e. The monoisotopic (exact) mass is 618 g/mol. The number of amides is 2. The standard InChI is InChI=1S/C22H35Cl2N3O9P2/c1-17(25-18-4-6-19(7-5-18)27(16-28,14-12-23)15-13-24)20(29)26-21(8-2-3-9-21)10-11-22(30,37(31,32)33)38(34,35)36/h4-7,16-17,25,30H,2-3,8-15H2,1H3,(H4-,26,29,31,32,33,34,35,36)/p+1/t17-/m0/s1. The quantitative estimate of drug-likeness (QED) is 0.0664. The van der Waals surface area contributed by atoms with Crippen molar-refractivity contribution in [3.63, 3.8) is 0 Å². The number of carbonyl (C=O) groups is 2. The third kappa shape index (κ3) is 7.57. The van der Waals surface area contributed by atoms with Crippen LogP contribution in [-0.4, -0.2) is 78.5 Å². The summed E-state index contributed by atoms with van der Waals surface area (Å²) in [5.74, 6) is 0.0805. The van der Waals surface area contributed by atoms with Gasteiger partial charge in [0.2, 0.25) is 5.91 Å². The largest absolute Gasteiger partial charge is 0.374 e. The molecule has 0 aliphatic heterocycles. The van der Waals surface area contributed by atoms with Crippen molar-refractivity contribution in [2.45, 2.75) is 62.1 Å². The molecule has 2 rings (SSSR count). The topological polar surface area (TPSA) is 193 Å². The molecule has 0 heterocycles. The number of hydrogen-bond donors (Lipinski definition) is 7. The summed E-state index contributed by atoms with van der Waals surface area (Å²) >= 11 is 11.8. The number of benzene rings is 1. The van der Waals surface area contributed by atoms with Gasteiger partial charge in [0.25, 0.3) is 5.08 Å². The van der Waals surface area contributed by atoms with E-state index in [2.05, 4.69) is 10.6 Å². The van der Waals surface area contributed by atoms with Crippen LogP contribution >= 0.6 is 38.4 Å². The Balaban J connectivity index is 2.14. The molecule has 1 atom stereocenters. The highest BCUT2D eigenvalue weighted by Gasteiger charge is 2.59. The Morgan fingerprint density at radius 1 is 1.08 bits per heavy atom. The van der Waals surface area contributed by atoms with Crippen molar-refractivity contribution in [3.05, 3.63) is 24.3 Å². The minimum absolute atomic E-state index is 0.0403. The molecule has 0 unspecified atom stereocenters. The van der Waals surface area contributed by atoms with Crippen molar-refractivity contribution >= 4 is 62.1 Å². The molecule has 2 amide bonds. The highest BCUT2D eigenvalue weighted by molar-refractivity contribution is 7.72. The Morgan fingerprint density at radius 2 is 1.58 bits per heavy atom. The number of aliphatic hydroxyl groups is 1. The van der Waals surface area contributed by atoms with E-state index in [-0.39, 0.29) is 22.7 Å². The molecule has 0 bridgehead atoms. The summed E-state index contributed by atoms with van der Waals surface area (Å²) in [6.45, 7) is 2.34. The fourth-order valence-corrected chi connectivity index (χ4v) is 7.50. The smallest absolute Gasteiger partial charge is 0.369 e. The summed E-state index contributed by atoms with van der Waals surface area (Å²) in [4.78, 5) is 62.7. The van der Waals surface area contributed by atoms with Crippen LogP contribution in [0.25, 0.3) is 0 Å². The zero-order valence-electron chi connectivity index (χ0n) is 21.0. The van der Waals surface area contributed by atoms with E-state index in [1.54, 1.807) is 31.2 Å².